The Morgan fingerprint density at radius 2 is 2.25 bits per heavy atom. The minimum absolute atomic E-state index is 0.367. The predicted octanol–water partition coefficient (Wildman–Crippen LogP) is 3.19. The van der Waals surface area contributed by atoms with E-state index in [4.69, 9.17) is 16.7 Å². The van der Waals surface area contributed by atoms with Gasteiger partial charge in [0.1, 0.15) is 0 Å². The molecule has 0 spiro atoms. The number of carboxylic acid groups (broad SMARTS) is 1. The molecule has 64 valence electrons. The number of amides is 1. The number of rotatable bonds is 1. The number of hydrogen-bond donors (Lipinski definition) is 2. The fourth-order valence-electron chi connectivity index (χ4n) is 0.706. The maximum absolute atomic E-state index is 10.2. The molecule has 5 heteroatoms. The summed E-state index contributed by atoms with van der Waals surface area (Å²) in [4.78, 5) is 10.2. The molecule has 1 rings (SSSR count). The lowest BCUT2D eigenvalue weighted by molar-refractivity contribution is 0.210. The quantitative estimate of drug-likeness (QED) is 0.804. The van der Waals surface area contributed by atoms with E-state index in [1.54, 1.807) is 18.2 Å². The minimum atomic E-state index is -1.13. The van der Waals surface area contributed by atoms with Crippen LogP contribution >= 0.6 is 27.5 Å². The molecule has 0 fully saturated rings. The van der Waals surface area contributed by atoms with Crippen molar-refractivity contribution in [2.75, 3.05) is 5.32 Å². The molecule has 1 aromatic carbocycles. The monoisotopic (exact) mass is 249 g/mol. The standard InChI is InChI=1S/C7H5BrClNO2/c8-4-1-2-6(5(9)3-4)10-7(11)12/h1-3,10H,(H,11,12). The Bertz CT molecular complexity index is 316. The normalized spacial score (nSPS) is 9.50. The zero-order chi connectivity index (χ0) is 9.14. The Morgan fingerprint density at radius 1 is 1.58 bits per heavy atom. The van der Waals surface area contributed by atoms with E-state index in [0.717, 1.165) is 4.47 Å². The Labute approximate surface area is 82.5 Å². The van der Waals surface area contributed by atoms with Crippen molar-refractivity contribution in [3.05, 3.63) is 27.7 Å². The third-order valence-corrected chi connectivity index (χ3v) is 1.98. The highest BCUT2D eigenvalue weighted by Crippen LogP contribution is 2.25. The van der Waals surface area contributed by atoms with Crippen molar-refractivity contribution in [3.63, 3.8) is 0 Å². The van der Waals surface area contributed by atoms with Crippen molar-refractivity contribution in [1.82, 2.24) is 0 Å². The van der Waals surface area contributed by atoms with E-state index < -0.39 is 6.09 Å². The van der Waals surface area contributed by atoms with Gasteiger partial charge in [-0.15, -0.1) is 0 Å². The third-order valence-electron chi connectivity index (χ3n) is 1.17. The van der Waals surface area contributed by atoms with E-state index in [2.05, 4.69) is 21.2 Å². The molecule has 0 heterocycles. The molecular formula is C7H5BrClNO2. The Balaban J connectivity index is 2.93. The van der Waals surface area contributed by atoms with Crippen LogP contribution in [0, 0.1) is 0 Å². The first-order chi connectivity index (χ1) is 5.59. The number of anilines is 1. The summed E-state index contributed by atoms with van der Waals surface area (Å²) in [5, 5.41) is 10.9. The molecule has 0 atom stereocenters. The molecule has 1 amide bonds. The van der Waals surface area contributed by atoms with E-state index in [-0.39, 0.29) is 0 Å². The highest BCUT2D eigenvalue weighted by atomic mass is 79.9. The van der Waals surface area contributed by atoms with Crippen LogP contribution < -0.4 is 5.32 Å². The van der Waals surface area contributed by atoms with E-state index in [9.17, 15) is 4.79 Å². The van der Waals surface area contributed by atoms with E-state index in [1.807, 2.05) is 0 Å². The van der Waals surface area contributed by atoms with Crippen LogP contribution in [0.2, 0.25) is 5.02 Å². The van der Waals surface area contributed by atoms with Gasteiger partial charge in [0.25, 0.3) is 0 Å². The number of nitrogens with one attached hydrogen (secondary N) is 1. The number of hydrogen-bond acceptors (Lipinski definition) is 1. The van der Waals surface area contributed by atoms with Crippen LogP contribution in [-0.4, -0.2) is 11.2 Å². The topological polar surface area (TPSA) is 49.3 Å². The van der Waals surface area contributed by atoms with Gasteiger partial charge in [-0.1, -0.05) is 27.5 Å². The van der Waals surface area contributed by atoms with Crippen LogP contribution in [0.15, 0.2) is 22.7 Å². The van der Waals surface area contributed by atoms with Gasteiger partial charge in [-0.3, -0.25) is 5.32 Å². The summed E-state index contributed by atoms with van der Waals surface area (Å²) < 4.78 is 0.809. The summed E-state index contributed by atoms with van der Waals surface area (Å²) in [6, 6.07) is 4.91. The maximum atomic E-state index is 10.2. The highest BCUT2D eigenvalue weighted by molar-refractivity contribution is 9.10. The molecule has 0 unspecified atom stereocenters. The van der Waals surface area contributed by atoms with Gasteiger partial charge in [-0.2, -0.15) is 0 Å². The van der Waals surface area contributed by atoms with Gasteiger partial charge in [-0.05, 0) is 18.2 Å². The lowest BCUT2D eigenvalue weighted by Gasteiger charge is -2.02. The van der Waals surface area contributed by atoms with Gasteiger partial charge in [0.2, 0.25) is 0 Å². The molecule has 0 aliphatic rings. The van der Waals surface area contributed by atoms with Crippen LogP contribution in [-0.2, 0) is 0 Å². The molecular weight excluding hydrogens is 245 g/mol. The van der Waals surface area contributed by atoms with Crippen LogP contribution in [0.25, 0.3) is 0 Å². The highest BCUT2D eigenvalue weighted by Gasteiger charge is 2.02. The van der Waals surface area contributed by atoms with Gasteiger partial charge in [0.05, 0.1) is 10.7 Å². The van der Waals surface area contributed by atoms with Gasteiger partial charge >= 0.3 is 6.09 Å². The summed E-state index contributed by atoms with van der Waals surface area (Å²) in [6.45, 7) is 0. The molecule has 2 N–H and O–H groups in total. The molecule has 3 nitrogen and oxygen atoms in total. The van der Waals surface area contributed by atoms with Crippen molar-refractivity contribution >= 4 is 39.3 Å². The molecule has 0 bridgehead atoms. The molecule has 0 aromatic heterocycles. The van der Waals surface area contributed by atoms with Gasteiger partial charge in [-0.25, -0.2) is 4.79 Å². The smallest absolute Gasteiger partial charge is 0.409 e. The largest absolute Gasteiger partial charge is 0.465 e. The number of carbonyl (C=O) groups is 1. The van der Waals surface area contributed by atoms with Crippen LogP contribution in [0.5, 0.6) is 0 Å². The summed E-state index contributed by atoms with van der Waals surface area (Å²) in [5.41, 5.74) is 0.382. The molecule has 0 aliphatic carbocycles. The average Bonchev–Trinajstić information content (AvgIpc) is 1.94. The third kappa shape index (κ3) is 2.39. The van der Waals surface area contributed by atoms with E-state index in [1.165, 1.54) is 0 Å². The first kappa shape index (κ1) is 9.35. The number of halogens is 2. The zero-order valence-corrected chi connectivity index (χ0v) is 8.19. The van der Waals surface area contributed by atoms with Crippen LogP contribution in [0.3, 0.4) is 0 Å². The molecule has 0 saturated heterocycles. The fourth-order valence-corrected chi connectivity index (χ4v) is 1.43. The Hall–Kier alpha value is -0.740. The minimum Gasteiger partial charge on any atom is -0.465 e. The molecule has 0 radical (unpaired) electrons. The van der Waals surface area contributed by atoms with E-state index in [0.29, 0.717) is 10.7 Å². The zero-order valence-electron chi connectivity index (χ0n) is 5.84. The predicted molar refractivity (Wildman–Crippen MR) is 50.8 cm³/mol. The molecule has 0 saturated carbocycles. The summed E-state index contributed by atoms with van der Waals surface area (Å²) in [5.74, 6) is 0. The van der Waals surface area contributed by atoms with Crippen LogP contribution in [0.4, 0.5) is 10.5 Å². The average molecular weight is 250 g/mol. The summed E-state index contributed by atoms with van der Waals surface area (Å²) in [7, 11) is 0. The summed E-state index contributed by atoms with van der Waals surface area (Å²) in [6.07, 6.45) is -1.13. The Morgan fingerprint density at radius 3 is 2.75 bits per heavy atom. The SMILES string of the molecule is O=C(O)Nc1ccc(Br)cc1Cl. The van der Waals surface area contributed by atoms with Gasteiger partial charge in [0.15, 0.2) is 0 Å². The number of benzene rings is 1. The van der Waals surface area contributed by atoms with Crippen LogP contribution in [0.1, 0.15) is 0 Å². The molecule has 0 aliphatic heterocycles. The second kappa shape index (κ2) is 3.78. The van der Waals surface area contributed by atoms with Crippen molar-refractivity contribution in [1.29, 1.82) is 0 Å². The van der Waals surface area contributed by atoms with Crippen molar-refractivity contribution < 1.29 is 9.90 Å². The maximum Gasteiger partial charge on any atom is 0.409 e. The van der Waals surface area contributed by atoms with Gasteiger partial charge in [0, 0.05) is 4.47 Å². The second-order valence-corrected chi connectivity index (χ2v) is 3.38. The first-order valence-corrected chi connectivity index (χ1v) is 4.21. The lowest BCUT2D eigenvalue weighted by Crippen LogP contribution is -2.07. The lowest BCUT2D eigenvalue weighted by atomic mass is 10.3. The molecule has 1 aromatic rings. The van der Waals surface area contributed by atoms with Crippen molar-refractivity contribution in [2.45, 2.75) is 0 Å². The van der Waals surface area contributed by atoms with E-state index >= 15 is 0 Å². The summed E-state index contributed by atoms with van der Waals surface area (Å²) >= 11 is 8.92. The Kier molecular flexibility index (Phi) is 2.94. The second-order valence-electron chi connectivity index (χ2n) is 2.05. The van der Waals surface area contributed by atoms with Crippen molar-refractivity contribution in [2.24, 2.45) is 0 Å². The fraction of sp³-hybridized carbons (Fsp3) is 0. The first-order valence-electron chi connectivity index (χ1n) is 3.04. The van der Waals surface area contributed by atoms with Crippen molar-refractivity contribution in [3.8, 4) is 0 Å². The molecule has 12 heavy (non-hydrogen) atoms. The van der Waals surface area contributed by atoms with Gasteiger partial charge < -0.3 is 5.11 Å².